The van der Waals surface area contributed by atoms with E-state index in [2.05, 4.69) is 11.2 Å². The number of fused-ring (bicyclic) bond motifs is 1. The molecule has 1 saturated heterocycles. The number of nitrogens with zero attached hydrogens (tertiary/aromatic N) is 3. The average Bonchev–Trinajstić information content (AvgIpc) is 3.51. The number of carbonyl (C=O) groups excluding carboxylic acids is 1. The maximum Gasteiger partial charge on any atom is 0.248 e. The molecule has 2 aliphatic rings. The second-order valence-electron chi connectivity index (χ2n) is 9.11. The van der Waals surface area contributed by atoms with E-state index in [9.17, 15) is 13.2 Å². The van der Waals surface area contributed by atoms with Crippen LogP contribution in [0.5, 0.6) is 5.75 Å². The quantitative estimate of drug-likeness (QED) is 0.498. The number of hydrogen-bond acceptors (Lipinski definition) is 6. The van der Waals surface area contributed by atoms with Crippen LogP contribution in [0.25, 0.3) is 12.2 Å². The summed E-state index contributed by atoms with van der Waals surface area (Å²) in [5.41, 5.74) is 3.35. The lowest BCUT2D eigenvalue weighted by molar-refractivity contribution is -0.123. The lowest BCUT2D eigenvalue weighted by Gasteiger charge is -2.32. The van der Waals surface area contributed by atoms with Gasteiger partial charge in [0.15, 0.2) is 10.7 Å². The van der Waals surface area contributed by atoms with E-state index in [0.717, 1.165) is 23.4 Å². The lowest BCUT2D eigenvalue weighted by Crippen LogP contribution is -2.44. The first-order chi connectivity index (χ1) is 17.4. The van der Waals surface area contributed by atoms with Crippen LogP contribution in [0.4, 0.5) is 5.69 Å². The molecule has 9 heteroatoms. The summed E-state index contributed by atoms with van der Waals surface area (Å²) in [6.45, 7) is 2.86. The van der Waals surface area contributed by atoms with Crippen LogP contribution < -0.4 is 9.64 Å². The normalized spacial score (nSPS) is 17.0. The van der Waals surface area contributed by atoms with Gasteiger partial charge in [-0.15, -0.1) is 0 Å². The molecule has 8 nitrogen and oxygen atoms in total. The second kappa shape index (κ2) is 9.91. The number of rotatable bonds is 6. The van der Waals surface area contributed by atoms with E-state index in [1.54, 1.807) is 26.2 Å². The van der Waals surface area contributed by atoms with Crippen LogP contribution in [0, 0.1) is 12.8 Å². The van der Waals surface area contributed by atoms with Crippen molar-refractivity contribution >= 4 is 33.8 Å². The third kappa shape index (κ3) is 4.56. The molecule has 36 heavy (non-hydrogen) atoms. The average molecular weight is 508 g/mol. The number of para-hydroxylation sites is 1. The Morgan fingerprint density at radius 3 is 2.50 bits per heavy atom. The van der Waals surface area contributed by atoms with Crippen molar-refractivity contribution in [2.24, 2.45) is 5.92 Å². The molecule has 2 aliphatic heterocycles. The van der Waals surface area contributed by atoms with Crippen LogP contribution in [-0.2, 0) is 21.2 Å². The highest BCUT2D eigenvalue weighted by molar-refractivity contribution is 7.89. The van der Waals surface area contributed by atoms with Crippen LogP contribution in [0.15, 0.2) is 57.9 Å². The number of aryl methyl sites for hydroxylation is 1. The van der Waals surface area contributed by atoms with Crippen LogP contribution in [0.1, 0.15) is 35.4 Å². The minimum Gasteiger partial charge on any atom is -0.497 e. The van der Waals surface area contributed by atoms with E-state index in [1.165, 1.54) is 9.87 Å². The van der Waals surface area contributed by atoms with Crippen molar-refractivity contribution in [1.82, 2.24) is 9.46 Å². The smallest absolute Gasteiger partial charge is 0.248 e. The molecular weight excluding hydrogens is 478 g/mol. The topological polar surface area (TPSA) is 93.0 Å². The Labute approximate surface area is 211 Å². The summed E-state index contributed by atoms with van der Waals surface area (Å²) in [5, 5.41) is 3.92. The van der Waals surface area contributed by atoms with Gasteiger partial charge in [0.25, 0.3) is 0 Å². The molecule has 0 radical (unpaired) electrons. The largest absolute Gasteiger partial charge is 0.497 e. The molecule has 0 bridgehead atoms. The molecule has 0 aliphatic carbocycles. The fraction of sp³-hybridized carbons (Fsp3) is 0.333. The van der Waals surface area contributed by atoms with E-state index in [4.69, 9.17) is 9.26 Å². The molecule has 1 aromatic heterocycles. The Morgan fingerprint density at radius 2 is 1.78 bits per heavy atom. The third-order valence-electron chi connectivity index (χ3n) is 6.93. The van der Waals surface area contributed by atoms with E-state index < -0.39 is 10.0 Å². The van der Waals surface area contributed by atoms with Crippen LogP contribution in [0.3, 0.4) is 0 Å². The minimum atomic E-state index is -3.83. The van der Waals surface area contributed by atoms with Crippen molar-refractivity contribution in [3.8, 4) is 5.75 Å². The van der Waals surface area contributed by atoms with Crippen LogP contribution >= 0.6 is 0 Å². The highest BCUT2D eigenvalue weighted by atomic mass is 32.2. The van der Waals surface area contributed by atoms with Gasteiger partial charge in [-0.3, -0.25) is 4.79 Å². The first kappa shape index (κ1) is 24.3. The maximum absolute atomic E-state index is 13.6. The SMILES string of the molecule is COc1ccc(C=Cc2onc(C)c2S(=O)(=O)N2CCC(C(=O)N3CCc4ccccc43)CC2)cc1. The molecule has 0 N–H and O–H groups in total. The monoisotopic (exact) mass is 507 g/mol. The van der Waals surface area contributed by atoms with E-state index >= 15 is 0 Å². The molecule has 188 valence electrons. The summed E-state index contributed by atoms with van der Waals surface area (Å²) in [6.07, 6.45) is 5.22. The van der Waals surface area contributed by atoms with Crippen molar-refractivity contribution in [1.29, 1.82) is 0 Å². The van der Waals surface area contributed by atoms with E-state index in [1.807, 2.05) is 47.4 Å². The van der Waals surface area contributed by atoms with Gasteiger partial charge in [-0.2, -0.15) is 4.31 Å². The zero-order valence-corrected chi connectivity index (χ0v) is 21.2. The molecule has 2 aromatic carbocycles. The lowest BCUT2D eigenvalue weighted by atomic mass is 9.96. The molecular formula is C27H29N3O5S. The second-order valence-corrected chi connectivity index (χ2v) is 11.0. The first-order valence-electron chi connectivity index (χ1n) is 12.1. The zero-order valence-electron chi connectivity index (χ0n) is 20.4. The molecule has 0 spiro atoms. The van der Waals surface area contributed by atoms with Gasteiger partial charge in [-0.05, 0) is 61.6 Å². The van der Waals surface area contributed by atoms with Gasteiger partial charge in [0, 0.05) is 31.2 Å². The molecule has 1 fully saturated rings. The van der Waals surface area contributed by atoms with Gasteiger partial charge in [0.1, 0.15) is 11.4 Å². The van der Waals surface area contributed by atoms with Gasteiger partial charge < -0.3 is 14.2 Å². The molecule has 0 saturated carbocycles. The summed E-state index contributed by atoms with van der Waals surface area (Å²) < 4.78 is 39.1. The van der Waals surface area contributed by atoms with Crippen molar-refractivity contribution in [2.75, 3.05) is 31.6 Å². The maximum atomic E-state index is 13.6. The highest BCUT2D eigenvalue weighted by Crippen LogP contribution is 2.33. The van der Waals surface area contributed by atoms with Gasteiger partial charge in [-0.25, -0.2) is 8.42 Å². The van der Waals surface area contributed by atoms with Crippen LogP contribution in [0.2, 0.25) is 0 Å². The zero-order chi connectivity index (χ0) is 25.3. The Kier molecular flexibility index (Phi) is 6.68. The third-order valence-corrected chi connectivity index (χ3v) is 8.99. The number of sulfonamides is 1. The Hall–Kier alpha value is -3.43. The number of carbonyl (C=O) groups is 1. The number of methoxy groups -OCH3 is 1. The number of benzene rings is 2. The molecule has 0 unspecified atom stereocenters. The fourth-order valence-corrected chi connectivity index (χ4v) is 6.67. The minimum absolute atomic E-state index is 0.0745. The standard InChI is InChI=1S/C27H29N3O5S/c1-19-26(25(35-28-19)12-9-20-7-10-23(34-2)11-8-20)36(32,33)29-16-13-22(14-17-29)27(31)30-18-15-21-5-3-4-6-24(21)30/h3-12,22H,13-18H2,1-2H3. The number of piperidine rings is 1. The molecule has 5 rings (SSSR count). The molecule has 1 amide bonds. The molecule has 0 atom stereocenters. The van der Waals surface area contributed by atoms with E-state index in [-0.39, 0.29) is 35.6 Å². The predicted octanol–water partition coefficient (Wildman–Crippen LogP) is 4.15. The predicted molar refractivity (Wildman–Crippen MR) is 137 cm³/mol. The van der Waals surface area contributed by atoms with Crippen molar-refractivity contribution in [3.05, 3.63) is 71.1 Å². The molecule has 3 heterocycles. The Bertz CT molecular complexity index is 1390. The number of aromatic nitrogens is 1. The van der Waals surface area contributed by atoms with Gasteiger partial charge >= 0.3 is 0 Å². The Morgan fingerprint density at radius 1 is 1.06 bits per heavy atom. The van der Waals surface area contributed by atoms with Gasteiger partial charge in [0.05, 0.1) is 7.11 Å². The number of hydrogen-bond donors (Lipinski definition) is 0. The summed E-state index contributed by atoms with van der Waals surface area (Å²) >= 11 is 0. The van der Waals surface area contributed by atoms with Crippen molar-refractivity contribution < 1.29 is 22.5 Å². The Balaban J connectivity index is 1.28. The van der Waals surface area contributed by atoms with Crippen LogP contribution in [-0.4, -0.2) is 50.5 Å². The van der Waals surface area contributed by atoms with Crippen molar-refractivity contribution in [3.63, 3.8) is 0 Å². The van der Waals surface area contributed by atoms with Crippen molar-refractivity contribution in [2.45, 2.75) is 31.1 Å². The molecule has 3 aromatic rings. The summed E-state index contributed by atoms with van der Waals surface area (Å²) in [5.74, 6) is 0.818. The summed E-state index contributed by atoms with van der Waals surface area (Å²) in [6, 6.07) is 15.4. The fourth-order valence-electron chi connectivity index (χ4n) is 4.95. The first-order valence-corrected chi connectivity index (χ1v) is 13.5. The summed E-state index contributed by atoms with van der Waals surface area (Å²) in [7, 11) is -2.23. The van der Waals surface area contributed by atoms with E-state index in [0.29, 0.717) is 25.1 Å². The van der Waals surface area contributed by atoms with Gasteiger partial charge in [-0.1, -0.05) is 41.6 Å². The number of amides is 1. The van der Waals surface area contributed by atoms with Gasteiger partial charge in [0.2, 0.25) is 15.9 Å². The summed E-state index contributed by atoms with van der Waals surface area (Å²) in [4.78, 5) is 15.2. The number of ether oxygens (including phenoxy) is 1. The number of anilines is 1. The highest BCUT2D eigenvalue weighted by Gasteiger charge is 2.38.